The fourth-order valence-corrected chi connectivity index (χ4v) is 2.23. The van der Waals surface area contributed by atoms with E-state index in [1.165, 1.54) is 5.56 Å². The third kappa shape index (κ3) is 4.63. The first-order valence-corrected chi connectivity index (χ1v) is 7.71. The second-order valence-electron chi connectivity index (χ2n) is 4.86. The molecule has 0 aromatic carbocycles. The highest BCUT2D eigenvalue weighted by Crippen LogP contribution is 2.25. The summed E-state index contributed by atoms with van der Waals surface area (Å²) in [7, 11) is 0. The molecule has 5 nitrogen and oxygen atoms in total. The predicted molar refractivity (Wildman–Crippen MR) is 84.4 cm³/mol. The van der Waals surface area contributed by atoms with Gasteiger partial charge in [0.05, 0.1) is 0 Å². The molecule has 1 aromatic heterocycles. The van der Waals surface area contributed by atoms with Crippen LogP contribution in [0.25, 0.3) is 0 Å². The molecular weight excluding hydrogens is 252 g/mol. The number of nitrogens with one attached hydrogen (secondary N) is 1. The van der Waals surface area contributed by atoms with E-state index in [0.29, 0.717) is 0 Å². The highest BCUT2D eigenvalue weighted by molar-refractivity contribution is 5.58. The zero-order valence-electron chi connectivity index (χ0n) is 13.0. The second kappa shape index (κ2) is 9.53. The molecule has 2 N–H and O–H groups in total. The van der Waals surface area contributed by atoms with Gasteiger partial charge in [0.1, 0.15) is 18.0 Å². The van der Waals surface area contributed by atoms with Gasteiger partial charge in [-0.3, -0.25) is 0 Å². The lowest BCUT2D eigenvalue weighted by Gasteiger charge is -2.25. The molecule has 0 radical (unpaired) electrons. The molecule has 0 saturated carbocycles. The second-order valence-corrected chi connectivity index (χ2v) is 4.86. The molecule has 0 atom stereocenters. The summed E-state index contributed by atoms with van der Waals surface area (Å²) >= 11 is 0. The third-order valence-electron chi connectivity index (χ3n) is 3.23. The van der Waals surface area contributed by atoms with Gasteiger partial charge in [-0.25, -0.2) is 9.97 Å². The molecule has 0 aliphatic heterocycles. The first-order chi connectivity index (χ1) is 9.78. The first kappa shape index (κ1) is 16.7. The third-order valence-corrected chi connectivity index (χ3v) is 3.23. The smallest absolute Gasteiger partial charge is 0.137 e. The van der Waals surface area contributed by atoms with Crippen LogP contribution in [0.4, 0.5) is 11.6 Å². The fraction of sp³-hybridized carbons (Fsp3) is 0.733. The lowest BCUT2D eigenvalue weighted by atomic mass is 10.1. The molecule has 1 rings (SSSR count). The molecule has 114 valence electrons. The number of nitrogens with zero attached hydrogens (tertiary/aromatic N) is 3. The molecule has 0 amide bonds. The van der Waals surface area contributed by atoms with Crippen molar-refractivity contribution in [2.24, 2.45) is 0 Å². The summed E-state index contributed by atoms with van der Waals surface area (Å²) in [5.41, 5.74) is 1.20. The van der Waals surface area contributed by atoms with Crippen LogP contribution in [0.15, 0.2) is 6.33 Å². The van der Waals surface area contributed by atoms with Gasteiger partial charge in [-0.05, 0) is 26.2 Å². The number of hydrogen-bond acceptors (Lipinski definition) is 5. The Kier molecular flexibility index (Phi) is 7.95. The van der Waals surface area contributed by atoms with E-state index in [9.17, 15) is 0 Å². The summed E-state index contributed by atoms with van der Waals surface area (Å²) in [6, 6.07) is 0. The molecule has 0 saturated heterocycles. The number of aromatic nitrogens is 2. The largest absolute Gasteiger partial charge is 0.396 e. The Hall–Kier alpha value is -1.36. The molecule has 1 heterocycles. The molecule has 0 bridgehead atoms. The summed E-state index contributed by atoms with van der Waals surface area (Å²) in [4.78, 5) is 11.1. The molecule has 20 heavy (non-hydrogen) atoms. The maximum atomic E-state index is 9.03. The Bertz CT molecular complexity index is 384. The van der Waals surface area contributed by atoms with Crippen LogP contribution in [0.1, 0.15) is 45.6 Å². The molecular formula is C15H28N4O. The Morgan fingerprint density at radius 1 is 1.20 bits per heavy atom. The van der Waals surface area contributed by atoms with E-state index in [4.69, 9.17) is 5.11 Å². The van der Waals surface area contributed by atoms with Gasteiger partial charge in [0, 0.05) is 31.8 Å². The lowest BCUT2D eigenvalue weighted by Crippen LogP contribution is -2.27. The van der Waals surface area contributed by atoms with Crippen molar-refractivity contribution in [3.63, 3.8) is 0 Å². The fourth-order valence-electron chi connectivity index (χ4n) is 2.23. The predicted octanol–water partition coefficient (Wildman–Crippen LogP) is 2.46. The first-order valence-electron chi connectivity index (χ1n) is 7.71. The summed E-state index contributed by atoms with van der Waals surface area (Å²) in [5.74, 6) is 1.97. The van der Waals surface area contributed by atoms with Gasteiger partial charge in [0.25, 0.3) is 0 Å². The van der Waals surface area contributed by atoms with Crippen LogP contribution in [0.5, 0.6) is 0 Å². The maximum Gasteiger partial charge on any atom is 0.137 e. The van der Waals surface area contributed by atoms with Crippen LogP contribution in [0, 0.1) is 0 Å². The van der Waals surface area contributed by atoms with E-state index in [-0.39, 0.29) is 6.61 Å². The minimum Gasteiger partial charge on any atom is -0.396 e. The molecule has 0 unspecified atom stereocenters. The van der Waals surface area contributed by atoms with Crippen LogP contribution in [-0.2, 0) is 6.42 Å². The summed E-state index contributed by atoms with van der Waals surface area (Å²) in [6.07, 6.45) is 5.51. The maximum absolute atomic E-state index is 9.03. The van der Waals surface area contributed by atoms with Gasteiger partial charge in [-0.2, -0.15) is 0 Å². The molecule has 0 spiro atoms. The normalized spacial score (nSPS) is 10.6. The van der Waals surface area contributed by atoms with Gasteiger partial charge in [0.15, 0.2) is 0 Å². The van der Waals surface area contributed by atoms with E-state index >= 15 is 0 Å². The molecule has 5 heteroatoms. The van der Waals surface area contributed by atoms with Crippen molar-refractivity contribution < 1.29 is 5.11 Å². The lowest BCUT2D eigenvalue weighted by molar-refractivity contribution is 0.289. The molecule has 0 aliphatic rings. The highest BCUT2D eigenvalue weighted by atomic mass is 16.3. The quantitative estimate of drug-likeness (QED) is 0.689. The number of anilines is 2. The summed E-state index contributed by atoms with van der Waals surface area (Å²) < 4.78 is 0. The molecule has 0 fully saturated rings. The average molecular weight is 280 g/mol. The summed E-state index contributed by atoms with van der Waals surface area (Å²) in [5, 5.41) is 12.4. The Morgan fingerprint density at radius 2 is 2.00 bits per heavy atom. The Labute approximate surface area is 122 Å². The monoisotopic (exact) mass is 280 g/mol. The van der Waals surface area contributed by atoms with E-state index in [1.54, 1.807) is 6.33 Å². The van der Waals surface area contributed by atoms with Crippen molar-refractivity contribution in [2.45, 2.75) is 46.5 Å². The van der Waals surface area contributed by atoms with Crippen LogP contribution in [0.3, 0.4) is 0 Å². The van der Waals surface area contributed by atoms with Gasteiger partial charge in [-0.15, -0.1) is 0 Å². The zero-order chi connectivity index (χ0) is 14.8. The van der Waals surface area contributed by atoms with Gasteiger partial charge >= 0.3 is 0 Å². The number of aliphatic hydroxyl groups is 1. The topological polar surface area (TPSA) is 61.3 Å². The Balaban J connectivity index is 3.02. The molecule has 1 aromatic rings. The van der Waals surface area contributed by atoms with Crippen molar-refractivity contribution in [1.29, 1.82) is 0 Å². The van der Waals surface area contributed by atoms with Crippen molar-refractivity contribution in [1.82, 2.24) is 9.97 Å². The number of rotatable bonds is 10. The summed E-state index contributed by atoms with van der Waals surface area (Å²) in [6.45, 7) is 9.30. The Morgan fingerprint density at radius 3 is 2.60 bits per heavy atom. The molecule has 0 aliphatic carbocycles. The highest BCUT2D eigenvalue weighted by Gasteiger charge is 2.15. The average Bonchev–Trinajstić information content (AvgIpc) is 2.48. The van der Waals surface area contributed by atoms with E-state index in [1.807, 2.05) is 0 Å². The van der Waals surface area contributed by atoms with Crippen molar-refractivity contribution in [3.8, 4) is 0 Å². The minimum atomic E-state index is 0.214. The van der Waals surface area contributed by atoms with Crippen molar-refractivity contribution >= 4 is 11.6 Å². The van der Waals surface area contributed by atoms with E-state index < -0.39 is 0 Å². The zero-order valence-corrected chi connectivity index (χ0v) is 13.0. The van der Waals surface area contributed by atoms with E-state index in [2.05, 4.69) is 41.0 Å². The van der Waals surface area contributed by atoms with Crippen molar-refractivity contribution in [2.75, 3.05) is 36.5 Å². The van der Waals surface area contributed by atoms with Gasteiger partial charge < -0.3 is 15.3 Å². The van der Waals surface area contributed by atoms with Crippen LogP contribution in [-0.4, -0.2) is 41.3 Å². The van der Waals surface area contributed by atoms with Crippen LogP contribution >= 0.6 is 0 Å². The van der Waals surface area contributed by atoms with Crippen molar-refractivity contribution in [3.05, 3.63) is 11.9 Å². The van der Waals surface area contributed by atoms with Gasteiger partial charge in [0.2, 0.25) is 0 Å². The van der Waals surface area contributed by atoms with Crippen LogP contribution in [0.2, 0.25) is 0 Å². The minimum absolute atomic E-state index is 0.214. The standard InChI is InChI=1S/C15H28N4O/c1-4-8-13-14(16-9-5-2)17-12-18-15(13)19(6-3)10-7-11-20/h12,20H,4-11H2,1-3H3,(H,16,17,18). The number of aliphatic hydroxyl groups excluding tert-OH is 1. The van der Waals surface area contributed by atoms with E-state index in [0.717, 1.165) is 57.0 Å². The van der Waals surface area contributed by atoms with Gasteiger partial charge in [-0.1, -0.05) is 20.3 Å². The number of hydrogen-bond donors (Lipinski definition) is 2. The van der Waals surface area contributed by atoms with Crippen LogP contribution < -0.4 is 10.2 Å². The SMILES string of the molecule is CCCNc1ncnc(N(CC)CCCO)c1CCC.